The van der Waals surface area contributed by atoms with E-state index in [-0.39, 0.29) is 23.7 Å². The molecule has 0 bridgehead atoms. The monoisotopic (exact) mass is 358 g/mol. The van der Waals surface area contributed by atoms with Crippen LogP contribution in [0.1, 0.15) is 19.8 Å². The highest BCUT2D eigenvalue weighted by Crippen LogP contribution is 2.36. The van der Waals surface area contributed by atoms with Gasteiger partial charge in [0.05, 0.1) is 26.1 Å². The summed E-state index contributed by atoms with van der Waals surface area (Å²) in [6, 6.07) is 4.08. The van der Waals surface area contributed by atoms with Crippen molar-refractivity contribution in [2.24, 2.45) is 11.8 Å². The predicted octanol–water partition coefficient (Wildman–Crippen LogP) is 1.98. The van der Waals surface area contributed by atoms with E-state index in [4.69, 9.17) is 9.47 Å². The van der Waals surface area contributed by atoms with Crippen LogP contribution in [0.15, 0.2) is 30.4 Å². The van der Waals surface area contributed by atoms with Crippen molar-refractivity contribution in [1.29, 1.82) is 0 Å². The van der Waals surface area contributed by atoms with Gasteiger partial charge in [0.2, 0.25) is 17.7 Å². The molecule has 0 spiro atoms. The number of benzene rings is 1. The van der Waals surface area contributed by atoms with Crippen LogP contribution >= 0.6 is 0 Å². The highest BCUT2D eigenvalue weighted by atomic mass is 16.5. The van der Waals surface area contributed by atoms with Crippen LogP contribution in [0, 0.1) is 11.8 Å². The van der Waals surface area contributed by atoms with Gasteiger partial charge in [-0.15, -0.1) is 0 Å². The molecule has 138 valence electrons. The number of fused-ring (bicyclic) bond motifs is 1. The summed E-state index contributed by atoms with van der Waals surface area (Å²) in [5, 5.41) is 2.73. The Balaban J connectivity index is 1.76. The van der Waals surface area contributed by atoms with Crippen LogP contribution in [-0.2, 0) is 14.4 Å². The molecule has 1 heterocycles. The minimum Gasteiger partial charge on any atom is -0.497 e. The Morgan fingerprint density at radius 1 is 1.04 bits per heavy atom. The topological polar surface area (TPSA) is 84.9 Å². The lowest BCUT2D eigenvalue weighted by Crippen LogP contribution is -2.46. The number of anilines is 1. The van der Waals surface area contributed by atoms with E-state index in [1.807, 2.05) is 12.2 Å². The molecular weight excluding hydrogens is 336 g/mol. The number of imide groups is 1. The molecule has 1 saturated heterocycles. The summed E-state index contributed by atoms with van der Waals surface area (Å²) in [6.07, 6.45) is 4.94. The highest BCUT2D eigenvalue weighted by molar-refractivity contribution is 6.10. The molecule has 1 aromatic carbocycles. The predicted molar refractivity (Wildman–Crippen MR) is 94.8 cm³/mol. The number of hydrogen-bond acceptors (Lipinski definition) is 5. The summed E-state index contributed by atoms with van der Waals surface area (Å²) in [5.41, 5.74) is 0.469. The van der Waals surface area contributed by atoms with Crippen molar-refractivity contribution in [2.45, 2.75) is 25.8 Å². The van der Waals surface area contributed by atoms with E-state index in [0.29, 0.717) is 30.0 Å². The zero-order chi connectivity index (χ0) is 18.8. The smallest absolute Gasteiger partial charge is 0.247 e. The van der Waals surface area contributed by atoms with Crippen molar-refractivity contribution < 1.29 is 23.9 Å². The van der Waals surface area contributed by atoms with Crippen LogP contribution in [-0.4, -0.2) is 42.9 Å². The van der Waals surface area contributed by atoms with Crippen LogP contribution in [0.25, 0.3) is 0 Å². The lowest BCUT2D eigenvalue weighted by atomic mass is 9.85. The van der Waals surface area contributed by atoms with Gasteiger partial charge in [0.1, 0.15) is 17.5 Å². The molecule has 0 unspecified atom stereocenters. The summed E-state index contributed by atoms with van der Waals surface area (Å²) >= 11 is 0. The number of ether oxygens (including phenoxy) is 2. The van der Waals surface area contributed by atoms with Gasteiger partial charge in [-0.1, -0.05) is 12.2 Å². The summed E-state index contributed by atoms with van der Waals surface area (Å²) in [6.45, 7) is 1.56. The van der Waals surface area contributed by atoms with Crippen molar-refractivity contribution in [2.75, 3.05) is 19.5 Å². The number of allylic oxidation sites excluding steroid dienone is 2. The lowest BCUT2D eigenvalue weighted by Gasteiger charge is -2.22. The molecule has 7 nitrogen and oxygen atoms in total. The fraction of sp³-hybridized carbons (Fsp3) is 0.421. The zero-order valence-corrected chi connectivity index (χ0v) is 15.0. The van der Waals surface area contributed by atoms with Crippen LogP contribution in [0.4, 0.5) is 5.69 Å². The SMILES string of the molecule is COc1cc(NC(=O)[C@H](C)N2C(=O)[C@H]3CC=CC[C@@H]3C2=O)cc(OC)c1. The van der Waals surface area contributed by atoms with E-state index >= 15 is 0 Å². The van der Waals surface area contributed by atoms with E-state index in [2.05, 4.69) is 5.32 Å². The third-order valence-electron chi connectivity index (χ3n) is 4.93. The van der Waals surface area contributed by atoms with E-state index in [1.165, 1.54) is 14.2 Å². The van der Waals surface area contributed by atoms with E-state index < -0.39 is 11.9 Å². The van der Waals surface area contributed by atoms with Gasteiger partial charge in [0, 0.05) is 23.9 Å². The summed E-state index contributed by atoms with van der Waals surface area (Å²) in [7, 11) is 3.03. The third kappa shape index (κ3) is 3.16. The summed E-state index contributed by atoms with van der Waals surface area (Å²) < 4.78 is 10.4. The first-order chi connectivity index (χ1) is 12.5. The van der Waals surface area contributed by atoms with Crippen LogP contribution in [0.2, 0.25) is 0 Å². The van der Waals surface area contributed by atoms with Gasteiger partial charge in [-0.3, -0.25) is 19.3 Å². The van der Waals surface area contributed by atoms with Crippen molar-refractivity contribution >= 4 is 23.4 Å². The molecule has 0 aromatic heterocycles. The molecule has 3 rings (SSSR count). The fourth-order valence-electron chi connectivity index (χ4n) is 3.45. The quantitative estimate of drug-likeness (QED) is 0.643. The Kier molecular flexibility index (Phi) is 4.97. The Hall–Kier alpha value is -2.83. The molecule has 0 saturated carbocycles. The maximum atomic E-state index is 12.6. The third-order valence-corrected chi connectivity index (χ3v) is 4.93. The lowest BCUT2D eigenvalue weighted by molar-refractivity contribution is -0.146. The molecule has 7 heteroatoms. The Morgan fingerprint density at radius 3 is 2.00 bits per heavy atom. The second-order valence-corrected chi connectivity index (χ2v) is 6.47. The molecule has 0 radical (unpaired) electrons. The van der Waals surface area contributed by atoms with Gasteiger partial charge >= 0.3 is 0 Å². The Labute approximate surface area is 151 Å². The van der Waals surface area contributed by atoms with Gasteiger partial charge in [0.25, 0.3) is 0 Å². The fourth-order valence-corrected chi connectivity index (χ4v) is 3.45. The first kappa shape index (κ1) is 18.0. The average Bonchev–Trinajstić information content (AvgIpc) is 2.91. The first-order valence-corrected chi connectivity index (χ1v) is 8.52. The van der Waals surface area contributed by atoms with E-state index in [1.54, 1.807) is 25.1 Å². The van der Waals surface area contributed by atoms with Crippen molar-refractivity contribution in [3.63, 3.8) is 0 Å². The number of nitrogens with zero attached hydrogens (tertiary/aromatic N) is 1. The number of likely N-dealkylation sites (tertiary alicyclic amines) is 1. The van der Waals surface area contributed by atoms with Crippen LogP contribution in [0.5, 0.6) is 11.5 Å². The van der Waals surface area contributed by atoms with Crippen LogP contribution in [0.3, 0.4) is 0 Å². The second-order valence-electron chi connectivity index (χ2n) is 6.47. The minimum atomic E-state index is -0.891. The molecule has 1 aliphatic carbocycles. The van der Waals surface area contributed by atoms with Gasteiger partial charge in [-0.2, -0.15) is 0 Å². The number of amides is 3. The van der Waals surface area contributed by atoms with Crippen LogP contribution < -0.4 is 14.8 Å². The van der Waals surface area contributed by atoms with Gasteiger partial charge in [0.15, 0.2) is 0 Å². The van der Waals surface area contributed by atoms with E-state index in [9.17, 15) is 14.4 Å². The minimum absolute atomic E-state index is 0.268. The van der Waals surface area contributed by atoms with Crippen molar-refractivity contribution in [3.8, 4) is 11.5 Å². The number of carbonyl (C=O) groups excluding carboxylic acids is 3. The Bertz CT molecular complexity index is 725. The molecule has 1 aliphatic heterocycles. The largest absolute Gasteiger partial charge is 0.497 e. The first-order valence-electron chi connectivity index (χ1n) is 8.52. The van der Waals surface area contributed by atoms with Gasteiger partial charge in [-0.25, -0.2) is 0 Å². The number of nitrogens with one attached hydrogen (secondary N) is 1. The standard InChI is InChI=1S/C19H22N2O5/c1-11(21-18(23)15-6-4-5-7-16(15)19(21)24)17(22)20-12-8-13(25-2)10-14(9-12)26-3/h4-5,8-11,15-16H,6-7H2,1-3H3,(H,20,22)/t11-,15-,16-/m0/s1. The average molecular weight is 358 g/mol. The number of carbonyl (C=O) groups is 3. The molecule has 1 aromatic rings. The highest BCUT2D eigenvalue weighted by Gasteiger charge is 2.50. The van der Waals surface area contributed by atoms with Crippen molar-refractivity contribution in [3.05, 3.63) is 30.4 Å². The second kappa shape index (κ2) is 7.19. The van der Waals surface area contributed by atoms with E-state index in [0.717, 1.165) is 4.90 Å². The van der Waals surface area contributed by atoms with Gasteiger partial charge < -0.3 is 14.8 Å². The molecule has 3 atom stereocenters. The molecule has 26 heavy (non-hydrogen) atoms. The number of rotatable bonds is 5. The number of methoxy groups -OCH3 is 2. The molecule has 1 fully saturated rings. The van der Waals surface area contributed by atoms with Gasteiger partial charge in [-0.05, 0) is 19.8 Å². The van der Waals surface area contributed by atoms with Crippen molar-refractivity contribution in [1.82, 2.24) is 4.90 Å². The summed E-state index contributed by atoms with van der Waals surface area (Å²) in [4.78, 5) is 38.9. The normalized spacial score (nSPS) is 22.8. The molecular formula is C19H22N2O5. The molecule has 2 aliphatic rings. The molecule has 1 N–H and O–H groups in total. The Morgan fingerprint density at radius 2 is 1.54 bits per heavy atom. The molecule has 3 amide bonds. The zero-order valence-electron chi connectivity index (χ0n) is 15.0. The maximum absolute atomic E-state index is 12.6. The summed E-state index contributed by atoms with van der Waals surface area (Å²) in [5.74, 6) is -0.617. The number of hydrogen-bond donors (Lipinski definition) is 1. The maximum Gasteiger partial charge on any atom is 0.247 e.